The van der Waals surface area contributed by atoms with Crippen LogP contribution in [0.15, 0.2) is 11.6 Å². The van der Waals surface area contributed by atoms with Crippen molar-refractivity contribution in [3.63, 3.8) is 0 Å². The highest BCUT2D eigenvalue weighted by atomic mass is 16.2. The highest BCUT2D eigenvalue weighted by Crippen LogP contribution is 2.21. The average Bonchev–Trinajstić information content (AvgIpc) is 2.57. The first-order chi connectivity index (χ1) is 5.88. The first-order valence-electron chi connectivity index (χ1n) is 4.58. The predicted octanol–water partition coefficient (Wildman–Crippen LogP) is 0.185. The molecule has 1 unspecified atom stereocenters. The molecule has 66 valence electrons. The van der Waals surface area contributed by atoms with Gasteiger partial charge in [0.25, 0.3) is 0 Å². The van der Waals surface area contributed by atoms with Crippen LogP contribution in [0.4, 0.5) is 0 Å². The van der Waals surface area contributed by atoms with Crippen molar-refractivity contribution < 1.29 is 4.79 Å². The summed E-state index contributed by atoms with van der Waals surface area (Å²) in [6.45, 7) is 1.66. The number of nitrogens with one attached hydrogen (secondary N) is 2. The van der Waals surface area contributed by atoms with Gasteiger partial charge in [0.1, 0.15) is 6.04 Å². The standard InChI is InChI=1S/C9H14N2O/c12-9-8(10-5-6-11-9)7-3-1-2-4-7/h3,8,10H,1-2,4-6H2,(H,11,12). The summed E-state index contributed by atoms with van der Waals surface area (Å²) < 4.78 is 0. The minimum atomic E-state index is -0.0266. The van der Waals surface area contributed by atoms with Crippen LogP contribution in [-0.2, 0) is 4.79 Å². The van der Waals surface area contributed by atoms with Crippen molar-refractivity contribution in [1.82, 2.24) is 10.6 Å². The third-order valence-electron chi connectivity index (χ3n) is 2.48. The summed E-state index contributed by atoms with van der Waals surface area (Å²) in [7, 11) is 0. The summed E-state index contributed by atoms with van der Waals surface area (Å²) in [5.74, 6) is 0.148. The first kappa shape index (κ1) is 7.80. The van der Waals surface area contributed by atoms with Gasteiger partial charge in [-0.3, -0.25) is 4.79 Å². The Morgan fingerprint density at radius 1 is 1.42 bits per heavy atom. The Morgan fingerprint density at radius 2 is 2.33 bits per heavy atom. The van der Waals surface area contributed by atoms with Crippen molar-refractivity contribution in [2.24, 2.45) is 0 Å². The molecule has 12 heavy (non-hydrogen) atoms. The van der Waals surface area contributed by atoms with E-state index in [0.717, 1.165) is 25.9 Å². The first-order valence-corrected chi connectivity index (χ1v) is 4.58. The number of hydrogen-bond donors (Lipinski definition) is 2. The summed E-state index contributed by atoms with van der Waals surface area (Å²) >= 11 is 0. The fraction of sp³-hybridized carbons (Fsp3) is 0.667. The summed E-state index contributed by atoms with van der Waals surface area (Å²) in [4.78, 5) is 11.4. The van der Waals surface area contributed by atoms with Gasteiger partial charge in [0.05, 0.1) is 0 Å². The lowest BCUT2D eigenvalue weighted by Gasteiger charge is -2.24. The molecule has 2 rings (SSSR count). The molecule has 1 aliphatic carbocycles. The fourth-order valence-corrected chi connectivity index (χ4v) is 1.85. The molecule has 1 aliphatic heterocycles. The quantitative estimate of drug-likeness (QED) is 0.546. The van der Waals surface area contributed by atoms with Crippen LogP contribution in [0.3, 0.4) is 0 Å². The Balaban J connectivity index is 2.05. The minimum absolute atomic E-state index is 0.0266. The van der Waals surface area contributed by atoms with Gasteiger partial charge in [-0.15, -0.1) is 0 Å². The van der Waals surface area contributed by atoms with Crippen molar-refractivity contribution in [3.8, 4) is 0 Å². The lowest BCUT2D eigenvalue weighted by Crippen LogP contribution is -2.53. The molecule has 2 aliphatic rings. The van der Waals surface area contributed by atoms with Crippen LogP contribution < -0.4 is 10.6 Å². The van der Waals surface area contributed by atoms with Crippen LogP contribution in [0.2, 0.25) is 0 Å². The van der Waals surface area contributed by atoms with Crippen LogP contribution in [0.25, 0.3) is 0 Å². The predicted molar refractivity (Wildman–Crippen MR) is 46.7 cm³/mol. The molecule has 1 amide bonds. The average molecular weight is 166 g/mol. The molecule has 0 aromatic carbocycles. The molecule has 1 saturated heterocycles. The van der Waals surface area contributed by atoms with Crippen molar-refractivity contribution in [2.45, 2.75) is 25.3 Å². The molecule has 3 heteroatoms. The van der Waals surface area contributed by atoms with Crippen LogP contribution in [0.5, 0.6) is 0 Å². The highest BCUT2D eigenvalue weighted by Gasteiger charge is 2.25. The molecule has 0 aromatic heterocycles. The Kier molecular flexibility index (Phi) is 2.13. The zero-order valence-corrected chi connectivity index (χ0v) is 7.10. The summed E-state index contributed by atoms with van der Waals surface area (Å²) in [6.07, 6.45) is 5.63. The maximum Gasteiger partial charge on any atom is 0.241 e. The van der Waals surface area contributed by atoms with Gasteiger partial charge in [0, 0.05) is 13.1 Å². The second-order valence-corrected chi connectivity index (χ2v) is 3.35. The summed E-state index contributed by atoms with van der Waals surface area (Å²) in [5.41, 5.74) is 1.28. The van der Waals surface area contributed by atoms with Gasteiger partial charge >= 0.3 is 0 Å². The van der Waals surface area contributed by atoms with E-state index < -0.39 is 0 Å². The van der Waals surface area contributed by atoms with Gasteiger partial charge in [0.15, 0.2) is 0 Å². The number of rotatable bonds is 1. The third kappa shape index (κ3) is 1.37. The van der Waals surface area contributed by atoms with E-state index in [1.165, 1.54) is 12.0 Å². The Hall–Kier alpha value is -0.830. The zero-order valence-electron chi connectivity index (χ0n) is 7.10. The van der Waals surface area contributed by atoms with E-state index in [1.54, 1.807) is 0 Å². The maximum atomic E-state index is 11.4. The van der Waals surface area contributed by atoms with Crippen molar-refractivity contribution in [1.29, 1.82) is 0 Å². The molecule has 1 atom stereocenters. The maximum absolute atomic E-state index is 11.4. The van der Waals surface area contributed by atoms with E-state index in [0.29, 0.717) is 0 Å². The van der Waals surface area contributed by atoms with E-state index in [1.807, 2.05) is 0 Å². The fourth-order valence-electron chi connectivity index (χ4n) is 1.85. The SMILES string of the molecule is O=C1NCCNC1C1=CCCC1. The Bertz CT molecular complexity index is 223. The van der Waals surface area contributed by atoms with Gasteiger partial charge in [-0.05, 0) is 24.8 Å². The van der Waals surface area contributed by atoms with Crippen LogP contribution in [-0.4, -0.2) is 25.0 Å². The second-order valence-electron chi connectivity index (χ2n) is 3.35. The van der Waals surface area contributed by atoms with E-state index in [9.17, 15) is 4.79 Å². The molecule has 2 N–H and O–H groups in total. The molecule has 3 nitrogen and oxygen atoms in total. The molecular weight excluding hydrogens is 152 g/mol. The largest absolute Gasteiger partial charge is 0.353 e. The minimum Gasteiger partial charge on any atom is -0.353 e. The molecule has 0 radical (unpaired) electrons. The van der Waals surface area contributed by atoms with E-state index in [2.05, 4.69) is 16.7 Å². The number of allylic oxidation sites excluding steroid dienone is 1. The van der Waals surface area contributed by atoms with Gasteiger partial charge < -0.3 is 10.6 Å². The van der Waals surface area contributed by atoms with Gasteiger partial charge in [-0.2, -0.15) is 0 Å². The van der Waals surface area contributed by atoms with Gasteiger partial charge in [-0.25, -0.2) is 0 Å². The number of hydrogen-bond acceptors (Lipinski definition) is 2. The van der Waals surface area contributed by atoms with Crippen molar-refractivity contribution in [2.75, 3.05) is 13.1 Å². The number of carbonyl (C=O) groups excluding carboxylic acids is 1. The number of carbonyl (C=O) groups is 1. The van der Waals surface area contributed by atoms with Crippen LogP contribution >= 0.6 is 0 Å². The Labute approximate surface area is 72.2 Å². The van der Waals surface area contributed by atoms with E-state index in [-0.39, 0.29) is 11.9 Å². The molecule has 0 aromatic rings. The Morgan fingerprint density at radius 3 is 3.00 bits per heavy atom. The number of amides is 1. The highest BCUT2D eigenvalue weighted by molar-refractivity contribution is 5.85. The van der Waals surface area contributed by atoms with E-state index in [4.69, 9.17) is 0 Å². The van der Waals surface area contributed by atoms with Crippen LogP contribution in [0.1, 0.15) is 19.3 Å². The van der Waals surface area contributed by atoms with Gasteiger partial charge in [-0.1, -0.05) is 6.08 Å². The van der Waals surface area contributed by atoms with Crippen molar-refractivity contribution in [3.05, 3.63) is 11.6 Å². The van der Waals surface area contributed by atoms with E-state index >= 15 is 0 Å². The van der Waals surface area contributed by atoms with Gasteiger partial charge in [0.2, 0.25) is 5.91 Å². The summed E-state index contributed by atoms with van der Waals surface area (Å²) in [5, 5.41) is 6.10. The van der Waals surface area contributed by atoms with Crippen molar-refractivity contribution >= 4 is 5.91 Å². The van der Waals surface area contributed by atoms with Crippen LogP contribution in [0, 0.1) is 0 Å². The lowest BCUT2D eigenvalue weighted by molar-refractivity contribution is -0.123. The monoisotopic (exact) mass is 166 g/mol. The topological polar surface area (TPSA) is 41.1 Å². The molecule has 0 saturated carbocycles. The molecule has 1 heterocycles. The molecule has 0 bridgehead atoms. The lowest BCUT2D eigenvalue weighted by atomic mass is 10.0. The zero-order chi connectivity index (χ0) is 8.39. The molecule has 0 spiro atoms. The second kappa shape index (κ2) is 3.27. The normalized spacial score (nSPS) is 29.8. The molecule has 1 fully saturated rings. The smallest absolute Gasteiger partial charge is 0.241 e. The third-order valence-corrected chi connectivity index (χ3v) is 2.48. The number of piperazine rings is 1. The summed E-state index contributed by atoms with van der Waals surface area (Å²) in [6, 6.07) is -0.0266. The molecular formula is C9H14N2O.